The molecular weight excluding hydrogens is 276 g/mol. The Balaban J connectivity index is 2.26. The number of phenols is 1. The quantitative estimate of drug-likeness (QED) is 0.854. The first-order valence-electron chi connectivity index (χ1n) is 6.49. The van der Waals surface area contributed by atoms with Crippen LogP contribution in [0.2, 0.25) is 0 Å². The molecular formula is C14H16N2O5. The van der Waals surface area contributed by atoms with Crippen molar-refractivity contribution in [2.45, 2.75) is 25.8 Å². The van der Waals surface area contributed by atoms with Gasteiger partial charge in [0.15, 0.2) is 0 Å². The number of amides is 2. The van der Waals surface area contributed by atoms with Crippen LogP contribution in [0.5, 0.6) is 5.75 Å². The van der Waals surface area contributed by atoms with Gasteiger partial charge in [0.05, 0.1) is 0 Å². The molecule has 2 N–H and O–H groups in total. The summed E-state index contributed by atoms with van der Waals surface area (Å²) in [6, 6.07) is 5.11. The molecule has 0 radical (unpaired) electrons. The Labute approximate surface area is 121 Å². The van der Waals surface area contributed by atoms with Crippen LogP contribution in [0, 0.1) is 0 Å². The average Bonchev–Trinajstić information content (AvgIpc) is 2.77. The van der Waals surface area contributed by atoms with E-state index in [-0.39, 0.29) is 37.1 Å². The van der Waals surface area contributed by atoms with Gasteiger partial charge < -0.3 is 15.1 Å². The SMILES string of the molecule is CC(=O)N(CN1C(=O)CC[C@@H]1C(=O)O)c1cccc(O)c1. The molecule has 1 aromatic carbocycles. The lowest BCUT2D eigenvalue weighted by atomic mass is 10.2. The van der Waals surface area contributed by atoms with E-state index < -0.39 is 12.0 Å². The molecule has 1 atom stereocenters. The van der Waals surface area contributed by atoms with E-state index in [2.05, 4.69) is 0 Å². The Kier molecular flexibility index (Phi) is 4.11. The normalized spacial score (nSPS) is 17.9. The van der Waals surface area contributed by atoms with Gasteiger partial charge in [-0.3, -0.25) is 14.5 Å². The van der Waals surface area contributed by atoms with Crippen LogP contribution in [0.4, 0.5) is 5.69 Å². The molecule has 1 saturated heterocycles. The fraction of sp³-hybridized carbons (Fsp3) is 0.357. The molecule has 21 heavy (non-hydrogen) atoms. The monoisotopic (exact) mass is 292 g/mol. The topological polar surface area (TPSA) is 98.2 Å². The summed E-state index contributed by atoms with van der Waals surface area (Å²) >= 11 is 0. The predicted molar refractivity (Wildman–Crippen MR) is 73.6 cm³/mol. The highest BCUT2D eigenvalue weighted by atomic mass is 16.4. The number of benzene rings is 1. The summed E-state index contributed by atoms with van der Waals surface area (Å²) in [4.78, 5) is 37.2. The standard InChI is InChI=1S/C14H16N2O5/c1-9(17)15(10-3-2-4-11(18)7-10)8-16-12(14(20)21)5-6-13(16)19/h2-4,7,12,18H,5-6,8H2,1H3,(H,20,21)/t12-/m1/s1. The number of nitrogens with zero attached hydrogens (tertiary/aromatic N) is 2. The zero-order chi connectivity index (χ0) is 15.6. The third-order valence-electron chi connectivity index (χ3n) is 3.43. The summed E-state index contributed by atoms with van der Waals surface area (Å²) in [5.41, 5.74) is 0.409. The van der Waals surface area contributed by atoms with Crippen LogP contribution < -0.4 is 4.90 Å². The van der Waals surface area contributed by atoms with E-state index in [0.717, 1.165) is 0 Å². The van der Waals surface area contributed by atoms with E-state index in [1.807, 2.05) is 0 Å². The second-order valence-electron chi connectivity index (χ2n) is 4.86. The molecule has 0 saturated carbocycles. The molecule has 0 unspecified atom stereocenters. The molecule has 0 bridgehead atoms. The van der Waals surface area contributed by atoms with Crippen LogP contribution in [-0.2, 0) is 14.4 Å². The molecule has 1 aliphatic rings. The summed E-state index contributed by atoms with van der Waals surface area (Å²) in [5.74, 6) is -1.74. The van der Waals surface area contributed by atoms with E-state index in [9.17, 15) is 19.5 Å². The number of hydrogen-bond acceptors (Lipinski definition) is 4. The maximum atomic E-state index is 11.8. The van der Waals surface area contributed by atoms with Crippen molar-refractivity contribution < 1.29 is 24.6 Å². The van der Waals surface area contributed by atoms with Gasteiger partial charge >= 0.3 is 5.97 Å². The number of aromatic hydroxyl groups is 1. The zero-order valence-electron chi connectivity index (χ0n) is 11.5. The van der Waals surface area contributed by atoms with Gasteiger partial charge in [-0.2, -0.15) is 0 Å². The minimum Gasteiger partial charge on any atom is -0.508 e. The molecule has 112 valence electrons. The fourth-order valence-electron chi connectivity index (χ4n) is 2.34. The Morgan fingerprint density at radius 2 is 2.14 bits per heavy atom. The summed E-state index contributed by atoms with van der Waals surface area (Å²) in [5, 5.41) is 18.6. The zero-order valence-corrected chi connectivity index (χ0v) is 11.5. The molecule has 1 aliphatic heterocycles. The largest absolute Gasteiger partial charge is 0.508 e. The predicted octanol–water partition coefficient (Wildman–Crippen LogP) is 0.778. The number of aliphatic carboxylic acids is 1. The average molecular weight is 292 g/mol. The fourth-order valence-corrected chi connectivity index (χ4v) is 2.34. The molecule has 2 rings (SSSR count). The number of carboxylic acid groups (broad SMARTS) is 1. The molecule has 7 heteroatoms. The number of carbonyl (C=O) groups excluding carboxylic acids is 2. The van der Waals surface area contributed by atoms with E-state index in [1.165, 1.54) is 28.9 Å². The molecule has 1 fully saturated rings. The van der Waals surface area contributed by atoms with Crippen molar-refractivity contribution in [2.75, 3.05) is 11.6 Å². The molecule has 0 spiro atoms. The first-order chi connectivity index (χ1) is 9.90. The van der Waals surface area contributed by atoms with Crippen LogP contribution in [0.15, 0.2) is 24.3 Å². The maximum Gasteiger partial charge on any atom is 0.326 e. The molecule has 1 aromatic rings. The second-order valence-corrected chi connectivity index (χ2v) is 4.86. The van der Waals surface area contributed by atoms with Gasteiger partial charge in [-0.15, -0.1) is 0 Å². The first-order valence-corrected chi connectivity index (χ1v) is 6.49. The lowest BCUT2D eigenvalue weighted by molar-refractivity contribution is -0.146. The van der Waals surface area contributed by atoms with E-state index in [0.29, 0.717) is 5.69 Å². The minimum atomic E-state index is -1.08. The smallest absolute Gasteiger partial charge is 0.326 e. The van der Waals surface area contributed by atoms with Crippen molar-refractivity contribution in [1.29, 1.82) is 0 Å². The molecule has 0 aliphatic carbocycles. The Bertz CT molecular complexity index is 586. The second kappa shape index (κ2) is 5.82. The van der Waals surface area contributed by atoms with Crippen molar-refractivity contribution in [3.63, 3.8) is 0 Å². The Morgan fingerprint density at radius 3 is 2.71 bits per heavy atom. The van der Waals surface area contributed by atoms with Crippen molar-refractivity contribution in [3.8, 4) is 5.75 Å². The van der Waals surface area contributed by atoms with E-state index in [1.54, 1.807) is 12.1 Å². The van der Waals surface area contributed by atoms with Crippen LogP contribution in [0.25, 0.3) is 0 Å². The van der Waals surface area contributed by atoms with Gasteiger partial charge in [0.25, 0.3) is 0 Å². The lowest BCUT2D eigenvalue weighted by Crippen LogP contribution is -2.47. The van der Waals surface area contributed by atoms with Crippen LogP contribution >= 0.6 is 0 Å². The number of carbonyl (C=O) groups is 3. The van der Waals surface area contributed by atoms with Crippen LogP contribution in [0.1, 0.15) is 19.8 Å². The lowest BCUT2D eigenvalue weighted by Gasteiger charge is -2.29. The van der Waals surface area contributed by atoms with E-state index in [4.69, 9.17) is 5.11 Å². The van der Waals surface area contributed by atoms with E-state index >= 15 is 0 Å². The highest BCUT2D eigenvalue weighted by Gasteiger charge is 2.37. The number of phenolic OH excluding ortho intramolecular Hbond substituents is 1. The Hall–Kier alpha value is -2.57. The van der Waals surface area contributed by atoms with Crippen LogP contribution in [0.3, 0.4) is 0 Å². The molecule has 1 heterocycles. The minimum absolute atomic E-state index is 0.0127. The van der Waals surface area contributed by atoms with Gasteiger partial charge in [0.2, 0.25) is 11.8 Å². The molecule has 2 amide bonds. The summed E-state index contributed by atoms with van der Waals surface area (Å²) in [6.07, 6.45) is 0.392. The van der Waals surface area contributed by atoms with Crippen LogP contribution in [-0.4, -0.2) is 45.6 Å². The first kappa shape index (κ1) is 14.8. The van der Waals surface area contributed by atoms with Gasteiger partial charge in [-0.05, 0) is 18.6 Å². The van der Waals surface area contributed by atoms with Gasteiger partial charge in [0.1, 0.15) is 18.5 Å². The number of anilines is 1. The van der Waals surface area contributed by atoms with Gasteiger partial charge in [-0.25, -0.2) is 4.79 Å². The summed E-state index contributed by atoms with van der Waals surface area (Å²) < 4.78 is 0. The van der Waals surface area contributed by atoms with Gasteiger partial charge in [-0.1, -0.05) is 6.07 Å². The third kappa shape index (κ3) is 3.13. The highest BCUT2D eigenvalue weighted by molar-refractivity contribution is 5.93. The number of rotatable bonds is 4. The summed E-state index contributed by atoms with van der Waals surface area (Å²) in [7, 11) is 0. The molecule has 7 nitrogen and oxygen atoms in total. The van der Waals surface area contributed by atoms with Crippen molar-refractivity contribution in [1.82, 2.24) is 4.90 Å². The van der Waals surface area contributed by atoms with Crippen molar-refractivity contribution in [2.24, 2.45) is 0 Å². The Morgan fingerprint density at radius 1 is 1.43 bits per heavy atom. The number of likely N-dealkylation sites (tertiary alicyclic amines) is 1. The number of hydrogen-bond donors (Lipinski definition) is 2. The molecule has 0 aromatic heterocycles. The third-order valence-corrected chi connectivity index (χ3v) is 3.43. The van der Waals surface area contributed by atoms with Gasteiger partial charge in [0, 0.05) is 25.1 Å². The van der Waals surface area contributed by atoms with Crippen molar-refractivity contribution >= 4 is 23.5 Å². The maximum absolute atomic E-state index is 11.8. The number of carboxylic acids is 1. The highest BCUT2D eigenvalue weighted by Crippen LogP contribution is 2.24. The summed E-state index contributed by atoms with van der Waals surface area (Å²) in [6.45, 7) is 1.18. The van der Waals surface area contributed by atoms with Crippen molar-refractivity contribution in [3.05, 3.63) is 24.3 Å².